The largest absolute Gasteiger partial charge is 0.0622 e. The third-order valence-electron chi connectivity index (χ3n) is 11.5. The van der Waals surface area contributed by atoms with Crippen LogP contribution >= 0.6 is 0 Å². The van der Waals surface area contributed by atoms with Crippen LogP contribution in [-0.4, -0.2) is 0 Å². The van der Waals surface area contributed by atoms with Crippen LogP contribution in [0.2, 0.25) is 0 Å². The number of hydrogen-bond donors (Lipinski definition) is 0. The Bertz CT molecular complexity index is 2800. The van der Waals surface area contributed by atoms with E-state index in [1.807, 2.05) is 0 Å². The van der Waals surface area contributed by atoms with Crippen LogP contribution in [0, 0.1) is 0 Å². The first-order valence-electron chi connectivity index (χ1n) is 18.6. The summed E-state index contributed by atoms with van der Waals surface area (Å²) < 4.78 is 0. The van der Waals surface area contributed by atoms with E-state index in [1.165, 1.54) is 99.4 Å². The van der Waals surface area contributed by atoms with Gasteiger partial charge in [0.15, 0.2) is 0 Å². The van der Waals surface area contributed by atoms with Gasteiger partial charge in [0.2, 0.25) is 0 Å². The highest BCUT2D eigenvalue weighted by Crippen LogP contribution is 2.50. The van der Waals surface area contributed by atoms with E-state index in [0.29, 0.717) is 0 Å². The van der Waals surface area contributed by atoms with Crippen LogP contribution in [0.25, 0.3) is 88.3 Å². The van der Waals surface area contributed by atoms with Gasteiger partial charge in [0.05, 0.1) is 0 Å². The van der Waals surface area contributed by atoms with Crippen molar-refractivity contribution in [1.82, 2.24) is 0 Å². The normalized spacial score (nSPS) is 12.9. The Kier molecular flexibility index (Phi) is 7.27. The molecule has 0 nitrogen and oxygen atoms in total. The maximum atomic E-state index is 2.42. The first kappa shape index (κ1) is 31.3. The van der Waals surface area contributed by atoms with Crippen molar-refractivity contribution in [2.24, 2.45) is 0 Å². The van der Waals surface area contributed by atoms with E-state index in [-0.39, 0.29) is 5.41 Å². The van der Waals surface area contributed by atoms with Crippen molar-refractivity contribution < 1.29 is 0 Å². The van der Waals surface area contributed by atoms with Gasteiger partial charge in [0, 0.05) is 5.41 Å². The van der Waals surface area contributed by atoms with E-state index < -0.39 is 0 Å². The average Bonchev–Trinajstić information content (AvgIpc) is 3.46. The lowest BCUT2D eigenvalue weighted by molar-refractivity contribution is 0.660. The lowest BCUT2D eigenvalue weighted by Crippen LogP contribution is -2.14. The third-order valence-corrected chi connectivity index (χ3v) is 11.5. The van der Waals surface area contributed by atoms with Gasteiger partial charge in [-0.05, 0) is 112 Å². The molecular formula is C53H38. The molecule has 1 aliphatic carbocycles. The minimum absolute atomic E-state index is 0.0280. The van der Waals surface area contributed by atoms with Crippen molar-refractivity contribution in [2.45, 2.75) is 19.3 Å². The Balaban J connectivity index is 1.14. The number of rotatable bonds is 5. The van der Waals surface area contributed by atoms with E-state index in [1.54, 1.807) is 0 Å². The Morgan fingerprint density at radius 2 is 0.660 bits per heavy atom. The molecule has 10 rings (SSSR count). The fourth-order valence-electron chi connectivity index (χ4n) is 8.78. The van der Waals surface area contributed by atoms with Crippen molar-refractivity contribution in [1.29, 1.82) is 0 Å². The lowest BCUT2D eigenvalue weighted by Gasteiger charge is -2.22. The Hall–Kier alpha value is -6.50. The maximum absolute atomic E-state index is 2.42. The topological polar surface area (TPSA) is 0 Å². The maximum Gasteiger partial charge on any atom is 0.0159 e. The molecule has 0 heteroatoms. The number of hydrogen-bond acceptors (Lipinski definition) is 0. The highest BCUT2D eigenvalue weighted by atomic mass is 14.4. The summed E-state index contributed by atoms with van der Waals surface area (Å²) in [6.07, 6.45) is 0. The molecule has 1 aliphatic rings. The number of benzene rings is 9. The van der Waals surface area contributed by atoms with Gasteiger partial charge in [-0.25, -0.2) is 0 Å². The molecular weight excluding hydrogens is 637 g/mol. The SMILES string of the molecule is CC1(C)c2ccccc2-c2ccc(-c3ccc(-c4c5ccccc5c(-c5ccc(-c6ccccc6)cc5)c5ccc(-c6ccccc6)cc45)cc3)cc21. The quantitative estimate of drug-likeness (QED) is 0.159. The zero-order valence-electron chi connectivity index (χ0n) is 30.0. The number of fused-ring (bicyclic) bond motifs is 5. The molecule has 0 atom stereocenters. The van der Waals surface area contributed by atoms with Gasteiger partial charge in [-0.1, -0.05) is 196 Å². The summed E-state index contributed by atoms with van der Waals surface area (Å²) in [6, 6.07) is 71.6. The molecule has 0 aliphatic heterocycles. The molecule has 0 saturated heterocycles. The fourth-order valence-corrected chi connectivity index (χ4v) is 8.78. The predicted octanol–water partition coefficient (Wildman–Crippen LogP) is 14.6. The monoisotopic (exact) mass is 674 g/mol. The summed E-state index contributed by atoms with van der Waals surface area (Å²) in [5, 5.41) is 5.05. The van der Waals surface area contributed by atoms with Gasteiger partial charge in [0.25, 0.3) is 0 Å². The van der Waals surface area contributed by atoms with Crippen LogP contribution in [-0.2, 0) is 5.41 Å². The van der Waals surface area contributed by atoms with Gasteiger partial charge in [-0.2, -0.15) is 0 Å². The molecule has 0 bridgehead atoms. The van der Waals surface area contributed by atoms with E-state index in [0.717, 1.165) is 0 Å². The second-order valence-electron chi connectivity index (χ2n) is 14.9. The van der Waals surface area contributed by atoms with Crippen LogP contribution in [0.1, 0.15) is 25.0 Å². The summed E-state index contributed by atoms with van der Waals surface area (Å²) in [4.78, 5) is 0. The van der Waals surface area contributed by atoms with E-state index in [4.69, 9.17) is 0 Å². The zero-order chi connectivity index (χ0) is 35.5. The molecule has 53 heavy (non-hydrogen) atoms. The van der Waals surface area contributed by atoms with Crippen LogP contribution in [0.5, 0.6) is 0 Å². The summed E-state index contributed by atoms with van der Waals surface area (Å²) in [5.74, 6) is 0. The molecule has 250 valence electrons. The molecule has 0 radical (unpaired) electrons. The van der Waals surface area contributed by atoms with Gasteiger partial charge in [-0.15, -0.1) is 0 Å². The standard InChI is InChI=1S/C53H38/c1-53(2)49-20-12-11-17-43(49)44-31-29-42(34-50(44)53)38-23-27-40(28-24-38)52-46-19-10-9-18-45(46)51(39-25-21-37(22-26-39)35-13-5-3-6-14-35)47-32-30-41(33-48(47)52)36-15-7-4-8-16-36/h3-34H,1-2H3. The molecule has 0 amide bonds. The molecule has 9 aromatic carbocycles. The van der Waals surface area contributed by atoms with E-state index in [9.17, 15) is 0 Å². The van der Waals surface area contributed by atoms with Crippen LogP contribution < -0.4 is 0 Å². The first-order chi connectivity index (χ1) is 26.0. The molecule has 0 N–H and O–H groups in total. The highest BCUT2D eigenvalue weighted by molar-refractivity contribution is 6.22. The van der Waals surface area contributed by atoms with Crippen molar-refractivity contribution in [3.8, 4) is 66.8 Å². The molecule has 0 fully saturated rings. The summed E-state index contributed by atoms with van der Waals surface area (Å²) in [6.45, 7) is 4.71. The molecule has 0 aromatic heterocycles. The molecule has 0 heterocycles. The fraction of sp³-hybridized carbons (Fsp3) is 0.0566. The van der Waals surface area contributed by atoms with Crippen LogP contribution in [0.4, 0.5) is 0 Å². The van der Waals surface area contributed by atoms with Crippen molar-refractivity contribution >= 4 is 21.5 Å². The third kappa shape index (κ3) is 5.13. The smallest absolute Gasteiger partial charge is 0.0159 e. The molecule has 0 spiro atoms. The zero-order valence-corrected chi connectivity index (χ0v) is 30.0. The lowest BCUT2D eigenvalue weighted by atomic mass is 9.81. The van der Waals surface area contributed by atoms with Gasteiger partial charge < -0.3 is 0 Å². The van der Waals surface area contributed by atoms with Crippen molar-refractivity contribution in [3.05, 3.63) is 205 Å². The average molecular weight is 675 g/mol. The van der Waals surface area contributed by atoms with Gasteiger partial charge in [0.1, 0.15) is 0 Å². The van der Waals surface area contributed by atoms with Crippen LogP contribution in [0.3, 0.4) is 0 Å². The van der Waals surface area contributed by atoms with Crippen molar-refractivity contribution in [2.75, 3.05) is 0 Å². The minimum Gasteiger partial charge on any atom is -0.0622 e. The Labute approximate surface area is 311 Å². The van der Waals surface area contributed by atoms with Crippen molar-refractivity contribution in [3.63, 3.8) is 0 Å². The summed E-state index contributed by atoms with van der Waals surface area (Å²) in [7, 11) is 0. The Morgan fingerprint density at radius 3 is 1.30 bits per heavy atom. The molecule has 0 unspecified atom stereocenters. The van der Waals surface area contributed by atoms with Crippen LogP contribution in [0.15, 0.2) is 194 Å². The van der Waals surface area contributed by atoms with E-state index >= 15 is 0 Å². The predicted molar refractivity (Wildman–Crippen MR) is 226 cm³/mol. The minimum atomic E-state index is -0.0280. The first-order valence-corrected chi connectivity index (χ1v) is 18.6. The second kappa shape index (κ2) is 12.3. The molecule has 9 aromatic rings. The van der Waals surface area contributed by atoms with Gasteiger partial charge in [-0.3, -0.25) is 0 Å². The van der Waals surface area contributed by atoms with Gasteiger partial charge >= 0.3 is 0 Å². The summed E-state index contributed by atoms with van der Waals surface area (Å²) >= 11 is 0. The second-order valence-corrected chi connectivity index (χ2v) is 14.9. The summed E-state index contributed by atoms with van der Waals surface area (Å²) in [5.41, 5.74) is 17.9. The molecule has 0 saturated carbocycles. The van der Waals surface area contributed by atoms with E-state index in [2.05, 4.69) is 208 Å². The highest BCUT2D eigenvalue weighted by Gasteiger charge is 2.35. The Morgan fingerprint density at radius 1 is 0.264 bits per heavy atom.